The van der Waals surface area contributed by atoms with Crippen LogP contribution < -0.4 is 4.90 Å². The van der Waals surface area contributed by atoms with Crippen LogP contribution in [-0.2, 0) is 6.42 Å². The van der Waals surface area contributed by atoms with E-state index in [-0.39, 0.29) is 6.67 Å². The zero-order valence-electron chi connectivity index (χ0n) is 16.4. The molecule has 0 atom stereocenters. The number of imidazole rings is 1. The molecule has 150 valence electrons. The van der Waals surface area contributed by atoms with E-state index in [0.717, 1.165) is 35.7 Å². The Labute approximate surface area is 175 Å². The van der Waals surface area contributed by atoms with Crippen molar-refractivity contribution in [3.8, 4) is 11.3 Å². The number of nitrogens with zero attached hydrogens (tertiary/aromatic N) is 4. The highest BCUT2D eigenvalue weighted by atomic mass is 35.5. The Morgan fingerprint density at radius 1 is 1.25 bits per heavy atom. The van der Waals surface area contributed by atoms with Gasteiger partial charge in [-0.1, -0.05) is 44.0 Å². The third-order valence-corrected chi connectivity index (χ3v) is 5.10. The highest BCUT2D eigenvalue weighted by molar-refractivity contribution is 6.36. The van der Waals surface area contributed by atoms with Gasteiger partial charge in [0.1, 0.15) is 11.5 Å². The van der Waals surface area contributed by atoms with Crippen LogP contribution in [0.2, 0.25) is 10.0 Å². The summed E-state index contributed by atoms with van der Waals surface area (Å²) < 4.78 is 15.0. The molecule has 2 aromatic heterocycles. The quantitative estimate of drug-likeness (QED) is 0.440. The summed E-state index contributed by atoms with van der Waals surface area (Å²) in [7, 11) is 0. The fourth-order valence-corrected chi connectivity index (χ4v) is 3.93. The van der Waals surface area contributed by atoms with Gasteiger partial charge in [0.25, 0.3) is 0 Å². The van der Waals surface area contributed by atoms with Crippen molar-refractivity contribution < 1.29 is 4.39 Å². The molecule has 28 heavy (non-hydrogen) atoms. The molecule has 0 amide bonds. The fraction of sp³-hybridized carbons (Fsp3) is 0.429. The Morgan fingerprint density at radius 3 is 2.68 bits per heavy atom. The molecule has 0 N–H and O–H groups in total. The van der Waals surface area contributed by atoms with Crippen molar-refractivity contribution in [3.63, 3.8) is 0 Å². The molecule has 0 fully saturated rings. The molecule has 2 heterocycles. The van der Waals surface area contributed by atoms with Crippen LogP contribution in [0.4, 0.5) is 10.2 Å². The fourth-order valence-electron chi connectivity index (χ4n) is 3.43. The van der Waals surface area contributed by atoms with Crippen molar-refractivity contribution in [3.05, 3.63) is 46.3 Å². The van der Waals surface area contributed by atoms with E-state index >= 15 is 0 Å². The van der Waals surface area contributed by atoms with E-state index in [2.05, 4.69) is 30.7 Å². The van der Waals surface area contributed by atoms with Crippen molar-refractivity contribution in [2.45, 2.75) is 33.6 Å². The molecule has 0 aliphatic carbocycles. The minimum atomic E-state index is -0.333. The molecule has 0 radical (unpaired) electrons. The van der Waals surface area contributed by atoms with E-state index < -0.39 is 0 Å². The first-order valence-corrected chi connectivity index (χ1v) is 10.3. The van der Waals surface area contributed by atoms with E-state index in [0.29, 0.717) is 34.6 Å². The predicted octanol–water partition coefficient (Wildman–Crippen LogP) is 6.09. The predicted molar refractivity (Wildman–Crippen MR) is 115 cm³/mol. The van der Waals surface area contributed by atoms with Crippen LogP contribution in [0.1, 0.15) is 32.9 Å². The molecule has 3 aromatic rings. The molecular formula is C21H25Cl2FN4. The van der Waals surface area contributed by atoms with Gasteiger partial charge in [0.05, 0.1) is 17.4 Å². The van der Waals surface area contributed by atoms with Gasteiger partial charge < -0.3 is 4.90 Å². The second-order valence-electron chi connectivity index (χ2n) is 7.21. The van der Waals surface area contributed by atoms with Gasteiger partial charge in [-0.05, 0) is 37.0 Å². The second-order valence-corrected chi connectivity index (χ2v) is 8.06. The van der Waals surface area contributed by atoms with Gasteiger partial charge in [0, 0.05) is 36.1 Å². The maximum Gasteiger partial charge on any atom is 0.165 e. The van der Waals surface area contributed by atoms with Crippen LogP contribution in [-0.4, -0.2) is 34.1 Å². The Balaban J connectivity index is 2.19. The summed E-state index contributed by atoms with van der Waals surface area (Å²) in [5.74, 6) is 1.45. The van der Waals surface area contributed by atoms with Crippen LogP contribution in [0, 0.1) is 5.92 Å². The molecule has 0 saturated heterocycles. The summed E-state index contributed by atoms with van der Waals surface area (Å²) in [6.45, 7) is 7.56. The number of hydrogen-bond donors (Lipinski definition) is 0. The minimum Gasteiger partial charge on any atom is -0.356 e. The Kier molecular flexibility index (Phi) is 6.78. The molecule has 0 saturated carbocycles. The van der Waals surface area contributed by atoms with Crippen molar-refractivity contribution >= 4 is 34.7 Å². The highest BCUT2D eigenvalue weighted by Gasteiger charge is 2.21. The SMILES string of the molecule is CCc1nc2c(-c3ccc(Cl)cc3Cl)nccn2c1N(CCCF)CC(C)C. The minimum absolute atomic E-state index is 0.333. The number of fused-ring (bicyclic) bond motifs is 1. The number of anilines is 1. The average molecular weight is 423 g/mol. The molecular weight excluding hydrogens is 398 g/mol. The monoisotopic (exact) mass is 422 g/mol. The standard InChI is InChI=1S/C21H25Cl2FN4/c1-4-18-21(27(10-5-8-24)13-14(2)3)28-11-9-25-19(20(28)26-18)16-7-6-15(22)12-17(16)23/h6-7,9,11-12,14H,4-5,8,10,13H2,1-3H3. The van der Waals surface area contributed by atoms with Gasteiger partial charge in [0.15, 0.2) is 5.65 Å². The molecule has 0 bridgehead atoms. The Morgan fingerprint density at radius 2 is 2.04 bits per heavy atom. The van der Waals surface area contributed by atoms with Gasteiger partial charge >= 0.3 is 0 Å². The van der Waals surface area contributed by atoms with Crippen LogP contribution >= 0.6 is 23.2 Å². The van der Waals surface area contributed by atoms with E-state index in [1.54, 1.807) is 18.3 Å². The number of benzene rings is 1. The second kappa shape index (κ2) is 9.10. The lowest BCUT2D eigenvalue weighted by Gasteiger charge is -2.26. The van der Waals surface area contributed by atoms with Gasteiger partial charge in [-0.3, -0.25) is 13.8 Å². The summed E-state index contributed by atoms with van der Waals surface area (Å²) in [4.78, 5) is 11.7. The number of alkyl halides is 1. The average Bonchev–Trinajstić information content (AvgIpc) is 3.04. The molecule has 3 rings (SSSR count). The number of halogens is 3. The van der Waals surface area contributed by atoms with Crippen molar-refractivity contribution in [2.24, 2.45) is 5.92 Å². The van der Waals surface area contributed by atoms with E-state index in [1.165, 1.54) is 0 Å². The molecule has 0 aliphatic heterocycles. The zero-order valence-corrected chi connectivity index (χ0v) is 17.9. The van der Waals surface area contributed by atoms with Gasteiger partial charge in [0.2, 0.25) is 0 Å². The molecule has 0 unspecified atom stereocenters. The van der Waals surface area contributed by atoms with Crippen LogP contribution in [0.3, 0.4) is 0 Å². The maximum absolute atomic E-state index is 12.9. The van der Waals surface area contributed by atoms with E-state index in [1.807, 2.05) is 16.7 Å². The van der Waals surface area contributed by atoms with E-state index in [9.17, 15) is 4.39 Å². The van der Waals surface area contributed by atoms with Crippen LogP contribution in [0.5, 0.6) is 0 Å². The molecule has 0 spiro atoms. The van der Waals surface area contributed by atoms with Crippen molar-refractivity contribution in [1.29, 1.82) is 0 Å². The lowest BCUT2D eigenvalue weighted by atomic mass is 10.1. The zero-order chi connectivity index (χ0) is 20.3. The van der Waals surface area contributed by atoms with Gasteiger partial charge in [-0.25, -0.2) is 4.98 Å². The smallest absolute Gasteiger partial charge is 0.165 e. The first-order valence-electron chi connectivity index (χ1n) is 9.58. The molecule has 0 aliphatic rings. The summed E-state index contributed by atoms with van der Waals surface area (Å²) in [6.07, 6.45) is 4.92. The number of aromatic nitrogens is 3. The van der Waals surface area contributed by atoms with Crippen LogP contribution in [0.25, 0.3) is 16.9 Å². The maximum atomic E-state index is 12.9. The normalized spacial score (nSPS) is 11.5. The van der Waals surface area contributed by atoms with Crippen LogP contribution in [0.15, 0.2) is 30.6 Å². The van der Waals surface area contributed by atoms with Crippen molar-refractivity contribution in [1.82, 2.24) is 14.4 Å². The van der Waals surface area contributed by atoms with Crippen molar-refractivity contribution in [2.75, 3.05) is 24.7 Å². The number of aryl methyl sites for hydroxylation is 1. The first kappa shape index (κ1) is 20.9. The summed E-state index contributed by atoms with van der Waals surface area (Å²) >= 11 is 12.5. The molecule has 4 nitrogen and oxygen atoms in total. The summed E-state index contributed by atoms with van der Waals surface area (Å²) in [5, 5.41) is 1.11. The van der Waals surface area contributed by atoms with E-state index in [4.69, 9.17) is 28.2 Å². The number of rotatable bonds is 8. The molecule has 7 heteroatoms. The topological polar surface area (TPSA) is 33.4 Å². The lowest BCUT2D eigenvalue weighted by molar-refractivity contribution is 0.464. The Bertz CT molecular complexity index is 955. The molecule has 1 aromatic carbocycles. The number of hydrogen-bond acceptors (Lipinski definition) is 3. The highest BCUT2D eigenvalue weighted by Crippen LogP contribution is 2.34. The van der Waals surface area contributed by atoms with Gasteiger partial charge in [-0.2, -0.15) is 0 Å². The summed E-state index contributed by atoms with van der Waals surface area (Å²) in [5.41, 5.74) is 3.21. The lowest BCUT2D eigenvalue weighted by Crippen LogP contribution is -2.31. The largest absolute Gasteiger partial charge is 0.356 e. The first-order chi connectivity index (χ1) is 13.5. The summed E-state index contributed by atoms with van der Waals surface area (Å²) in [6, 6.07) is 5.37. The Hall–Kier alpha value is -1.85. The van der Waals surface area contributed by atoms with Gasteiger partial charge in [-0.15, -0.1) is 0 Å². The third kappa shape index (κ3) is 4.26. The third-order valence-electron chi connectivity index (χ3n) is 4.55.